The third-order valence-electron chi connectivity index (χ3n) is 5.14. The molecule has 2 aliphatic rings. The van der Waals surface area contributed by atoms with Gasteiger partial charge in [-0.3, -0.25) is 0 Å². The number of sulfonamides is 1. The Hall–Kier alpha value is -2.29. The maximum Gasteiger partial charge on any atom is 0.243 e. The third-order valence-corrected chi connectivity index (χ3v) is 7.06. The van der Waals surface area contributed by atoms with Crippen molar-refractivity contribution < 1.29 is 27.4 Å². The molecule has 1 fully saturated rings. The van der Waals surface area contributed by atoms with E-state index in [4.69, 9.17) is 18.9 Å². The summed E-state index contributed by atoms with van der Waals surface area (Å²) in [6, 6.07) is 12.0. The second kappa shape index (κ2) is 8.61. The summed E-state index contributed by atoms with van der Waals surface area (Å²) in [5, 5.41) is 0. The Bertz CT molecular complexity index is 944. The molecule has 29 heavy (non-hydrogen) atoms. The van der Waals surface area contributed by atoms with Gasteiger partial charge in [0, 0.05) is 13.7 Å². The molecule has 0 aromatic heterocycles. The molecule has 0 spiro atoms. The van der Waals surface area contributed by atoms with E-state index >= 15 is 0 Å². The minimum atomic E-state index is -3.62. The topological polar surface area (TPSA) is 74.3 Å². The molecule has 2 aromatic rings. The molecule has 2 aliphatic heterocycles. The molecule has 2 heterocycles. The minimum absolute atomic E-state index is 0.214. The largest absolute Gasteiger partial charge is 0.491 e. The van der Waals surface area contributed by atoms with E-state index < -0.39 is 10.0 Å². The Kier molecular flexibility index (Phi) is 5.94. The molecule has 8 heteroatoms. The summed E-state index contributed by atoms with van der Waals surface area (Å²) in [5.74, 6) is 2.00. The van der Waals surface area contributed by atoms with Crippen molar-refractivity contribution in [2.24, 2.45) is 0 Å². The van der Waals surface area contributed by atoms with E-state index in [0.717, 1.165) is 18.4 Å². The number of benzene rings is 2. The van der Waals surface area contributed by atoms with Crippen LogP contribution >= 0.6 is 0 Å². The molecule has 0 radical (unpaired) electrons. The molecule has 1 unspecified atom stereocenters. The van der Waals surface area contributed by atoms with Crippen LogP contribution in [0, 0.1) is 0 Å². The normalized spacial score (nSPS) is 19.3. The highest BCUT2D eigenvalue weighted by Crippen LogP contribution is 2.40. The summed E-state index contributed by atoms with van der Waals surface area (Å²) < 4.78 is 49.9. The first-order valence-corrected chi connectivity index (χ1v) is 11.2. The van der Waals surface area contributed by atoms with Crippen LogP contribution in [0.1, 0.15) is 24.4 Å². The molecular formula is C21H25NO6S. The van der Waals surface area contributed by atoms with Gasteiger partial charge in [0.05, 0.1) is 17.5 Å². The lowest BCUT2D eigenvalue weighted by atomic mass is 10.0. The second-order valence-corrected chi connectivity index (χ2v) is 8.88. The van der Waals surface area contributed by atoms with Gasteiger partial charge in [-0.05, 0) is 54.8 Å². The predicted octanol–water partition coefficient (Wildman–Crippen LogP) is 3.01. The fraction of sp³-hybridized carbons (Fsp3) is 0.429. The van der Waals surface area contributed by atoms with Gasteiger partial charge in [0.15, 0.2) is 11.5 Å². The molecule has 0 N–H and O–H groups in total. The highest BCUT2D eigenvalue weighted by atomic mass is 32.2. The summed E-state index contributed by atoms with van der Waals surface area (Å²) in [4.78, 5) is 0.265. The molecule has 156 valence electrons. The molecule has 0 saturated carbocycles. The number of rotatable bonds is 7. The predicted molar refractivity (Wildman–Crippen MR) is 107 cm³/mol. The average molecular weight is 419 g/mol. The SMILES string of the molecule is COCCOc1ccc(S(=O)(=O)N2CCCC2c2ccc3c(c2)OCCO3)cc1. The monoisotopic (exact) mass is 419 g/mol. The van der Waals surface area contributed by atoms with Crippen LogP contribution in [0.4, 0.5) is 0 Å². The van der Waals surface area contributed by atoms with Crippen LogP contribution in [0.25, 0.3) is 0 Å². The van der Waals surface area contributed by atoms with Gasteiger partial charge in [0.2, 0.25) is 10.0 Å². The van der Waals surface area contributed by atoms with Crippen LogP contribution in [-0.4, -0.2) is 52.8 Å². The van der Waals surface area contributed by atoms with Crippen LogP contribution < -0.4 is 14.2 Å². The van der Waals surface area contributed by atoms with Crippen LogP contribution in [0.5, 0.6) is 17.2 Å². The quantitative estimate of drug-likeness (QED) is 0.643. The van der Waals surface area contributed by atoms with E-state index in [1.54, 1.807) is 35.7 Å². The molecule has 1 saturated heterocycles. The minimum Gasteiger partial charge on any atom is -0.491 e. The third kappa shape index (κ3) is 4.19. The number of nitrogens with zero attached hydrogens (tertiary/aromatic N) is 1. The Morgan fingerprint density at radius 2 is 1.79 bits per heavy atom. The van der Waals surface area contributed by atoms with Gasteiger partial charge in [-0.1, -0.05) is 6.07 Å². The van der Waals surface area contributed by atoms with Gasteiger partial charge >= 0.3 is 0 Å². The first kappa shape index (κ1) is 20.0. The Morgan fingerprint density at radius 3 is 2.55 bits per heavy atom. The molecule has 2 aromatic carbocycles. The molecule has 0 bridgehead atoms. The Balaban J connectivity index is 1.54. The van der Waals surface area contributed by atoms with Crippen molar-refractivity contribution in [2.45, 2.75) is 23.8 Å². The van der Waals surface area contributed by atoms with E-state index in [2.05, 4.69) is 0 Å². The molecule has 0 amide bonds. The summed E-state index contributed by atoms with van der Waals surface area (Å²) in [7, 11) is -2.01. The van der Waals surface area contributed by atoms with Gasteiger partial charge in [0.25, 0.3) is 0 Å². The number of fused-ring (bicyclic) bond motifs is 1. The second-order valence-electron chi connectivity index (χ2n) is 6.99. The van der Waals surface area contributed by atoms with Crippen LogP contribution in [0.15, 0.2) is 47.4 Å². The zero-order valence-corrected chi connectivity index (χ0v) is 17.2. The van der Waals surface area contributed by atoms with Crippen molar-refractivity contribution in [2.75, 3.05) is 40.1 Å². The maximum absolute atomic E-state index is 13.3. The van der Waals surface area contributed by atoms with Gasteiger partial charge < -0.3 is 18.9 Å². The highest BCUT2D eigenvalue weighted by molar-refractivity contribution is 7.89. The van der Waals surface area contributed by atoms with E-state index in [9.17, 15) is 8.42 Å². The van der Waals surface area contributed by atoms with Gasteiger partial charge in [0.1, 0.15) is 25.6 Å². The summed E-state index contributed by atoms with van der Waals surface area (Å²) in [6.45, 7) is 2.42. The molecule has 1 atom stereocenters. The summed E-state index contributed by atoms with van der Waals surface area (Å²) >= 11 is 0. The number of hydrogen-bond donors (Lipinski definition) is 0. The van der Waals surface area contributed by atoms with Crippen LogP contribution in [0.2, 0.25) is 0 Å². The highest BCUT2D eigenvalue weighted by Gasteiger charge is 2.36. The van der Waals surface area contributed by atoms with Crippen molar-refractivity contribution in [3.05, 3.63) is 48.0 Å². The van der Waals surface area contributed by atoms with Gasteiger partial charge in [-0.2, -0.15) is 4.31 Å². The fourth-order valence-electron chi connectivity index (χ4n) is 3.71. The van der Waals surface area contributed by atoms with Crippen molar-refractivity contribution >= 4 is 10.0 Å². The number of methoxy groups -OCH3 is 1. The maximum atomic E-state index is 13.3. The zero-order valence-electron chi connectivity index (χ0n) is 16.4. The van der Waals surface area contributed by atoms with Crippen LogP contribution in [-0.2, 0) is 14.8 Å². The van der Waals surface area contributed by atoms with Crippen molar-refractivity contribution in [1.82, 2.24) is 4.31 Å². The molecular weight excluding hydrogens is 394 g/mol. The molecule has 0 aliphatic carbocycles. The van der Waals surface area contributed by atoms with Gasteiger partial charge in [-0.15, -0.1) is 0 Å². The molecule has 7 nitrogen and oxygen atoms in total. The lowest BCUT2D eigenvalue weighted by molar-refractivity contribution is 0.146. The molecule has 4 rings (SSSR count). The van der Waals surface area contributed by atoms with Gasteiger partial charge in [-0.25, -0.2) is 8.42 Å². The van der Waals surface area contributed by atoms with E-state index in [-0.39, 0.29) is 10.9 Å². The Morgan fingerprint density at radius 1 is 1.03 bits per heavy atom. The first-order chi connectivity index (χ1) is 14.1. The number of ether oxygens (including phenoxy) is 4. The van der Waals surface area contributed by atoms with E-state index in [1.165, 1.54) is 0 Å². The van der Waals surface area contributed by atoms with Crippen molar-refractivity contribution in [3.8, 4) is 17.2 Å². The fourth-order valence-corrected chi connectivity index (χ4v) is 5.40. The standard InChI is InChI=1S/C21H25NO6S/c1-25-11-12-26-17-5-7-18(8-6-17)29(23,24)22-10-2-3-19(22)16-4-9-20-21(15-16)28-14-13-27-20/h4-9,15,19H,2-3,10-14H2,1H3. The van der Waals surface area contributed by atoms with Crippen LogP contribution in [0.3, 0.4) is 0 Å². The smallest absolute Gasteiger partial charge is 0.243 e. The van der Waals surface area contributed by atoms with Crippen molar-refractivity contribution in [3.63, 3.8) is 0 Å². The summed E-state index contributed by atoms with van der Waals surface area (Å²) in [5.41, 5.74) is 0.926. The zero-order chi connectivity index (χ0) is 20.3. The summed E-state index contributed by atoms with van der Waals surface area (Å²) in [6.07, 6.45) is 1.59. The van der Waals surface area contributed by atoms with E-state index in [0.29, 0.717) is 50.2 Å². The average Bonchev–Trinajstić information content (AvgIpc) is 3.25. The van der Waals surface area contributed by atoms with E-state index in [1.807, 2.05) is 18.2 Å². The Labute approximate surface area is 171 Å². The lowest BCUT2D eigenvalue weighted by Gasteiger charge is -2.26. The lowest BCUT2D eigenvalue weighted by Crippen LogP contribution is -2.30. The number of hydrogen-bond acceptors (Lipinski definition) is 6. The van der Waals surface area contributed by atoms with Crippen molar-refractivity contribution in [1.29, 1.82) is 0 Å². The first-order valence-electron chi connectivity index (χ1n) is 9.73.